The van der Waals surface area contributed by atoms with Gasteiger partial charge in [-0.15, -0.1) is 0 Å². The smallest absolute Gasteiger partial charge is 0.191 e. The molecule has 19 heavy (non-hydrogen) atoms. The van der Waals surface area contributed by atoms with Crippen LogP contribution in [0.15, 0.2) is 4.99 Å². The van der Waals surface area contributed by atoms with E-state index in [-0.39, 0.29) is 0 Å². The standard InChI is InChI=1S/C14H28N4O/c1-10-7-13(10)17-14(15-4)16-8-11(2)18-5-6-19-9-12(18)3/h10-13H,5-9H2,1-4H3,(H2,15,16,17). The molecule has 0 aromatic heterocycles. The van der Waals surface area contributed by atoms with Crippen molar-refractivity contribution in [3.63, 3.8) is 0 Å². The zero-order chi connectivity index (χ0) is 13.8. The molecule has 110 valence electrons. The summed E-state index contributed by atoms with van der Waals surface area (Å²) in [6.07, 6.45) is 1.26. The second-order valence-corrected chi connectivity index (χ2v) is 5.93. The van der Waals surface area contributed by atoms with Crippen molar-refractivity contribution in [2.24, 2.45) is 10.9 Å². The van der Waals surface area contributed by atoms with E-state index >= 15 is 0 Å². The van der Waals surface area contributed by atoms with Gasteiger partial charge < -0.3 is 15.4 Å². The van der Waals surface area contributed by atoms with Crippen molar-refractivity contribution in [1.29, 1.82) is 0 Å². The molecule has 0 amide bonds. The van der Waals surface area contributed by atoms with E-state index in [1.165, 1.54) is 6.42 Å². The first-order valence-corrected chi connectivity index (χ1v) is 7.42. The van der Waals surface area contributed by atoms with E-state index < -0.39 is 0 Å². The van der Waals surface area contributed by atoms with Crippen LogP contribution in [0.5, 0.6) is 0 Å². The third kappa shape index (κ3) is 4.08. The Morgan fingerprint density at radius 3 is 2.79 bits per heavy atom. The summed E-state index contributed by atoms with van der Waals surface area (Å²) in [6, 6.07) is 1.61. The lowest BCUT2D eigenvalue weighted by Gasteiger charge is -2.38. The maximum Gasteiger partial charge on any atom is 0.191 e. The number of hydrogen-bond acceptors (Lipinski definition) is 3. The molecule has 2 fully saturated rings. The van der Waals surface area contributed by atoms with Crippen LogP contribution in [0.1, 0.15) is 27.2 Å². The quantitative estimate of drug-likeness (QED) is 0.581. The van der Waals surface area contributed by atoms with Crippen LogP contribution >= 0.6 is 0 Å². The molecule has 0 bridgehead atoms. The fourth-order valence-corrected chi connectivity index (χ4v) is 2.65. The van der Waals surface area contributed by atoms with E-state index in [2.05, 4.69) is 41.3 Å². The SMILES string of the molecule is CN=C(NCC(C)N1CCOCC1C)NC1CC1C. The van der Waals surface area contributed by atoms with Crippen LogP contribution in [-0.2, 0) is 4.74 Å². The monoisotopic (exact) mass is 268 g/mol. The van der Waals surface area contributed by atoms with E-state index in [0.29, 0.717) is 18.1 Å². The fraction of sp³-hybridized carbons (Fsp3) is 0.929. The van der Waals surface area contributed by atoms with Crippen LogP contribution in [-0.4, -0.2) is 62.3 Å². The fourth-order valence-electron chi connectivity index (χ4n) is 2.65. The minimum Gasteiger partial charge on any atom is -0.379 e. The van der Waals surface area contributed by atoms with Gasteiger partial charge in [-0.1, -0.05) is 6.92 Å². The van der Waals surface area contributed by atoms with Crippen molar-refractivity contribution in [2.45, 2.75) is 45.3 Å². The molecule has 2 N–H and O–H groups in total. The summed E-state index contributed by atoms with van der Waals surface area (Å²) in [6.45, 7) is 10.4. The van der Waals surface area contributed by atoms with Crippen molar-refractivity contribution in [3.05, 3.63) is 0 Å². The number of nitrogens with zero attached hydrogens (tertiary/aromatic N) is 2. The van der Waals surface area contributed by atoms with Crippen molar-refractivity contribution >= 4 is 5.96 Å². The highest BCUT2D eigenvalue weighted by molar-refractivity contribution is 5.80. The molecule has 1 aliphatic carbocycles. The van der Waals surface area contributed by atoms with Crippen LogP contribution in [0.3, 0.4) is 0 Å². The summed E-state index contributed by atoms with van der Waals surface area (Å²) in [7, 11) is 1.84. The van der Waals surface area contributed by atoms with Gasteiger partial charge in [-0.3, -0.25) is 9.89 Å². The van der Waals surface area contributed by atoms with Gasteiger partial charge >= 0.3 is 0 Å². The molecule has 4 atom stereocenters. The van der Waals surface area contributed by atoms with Gasteiger partial charge in [0.05, 0.1) is 13.2 Å². The molecule has 1 saturated carbocycles. The Morgan fingerprint density at radius 2 is 2.21 bits per heavy atom. The highest BCUT2D eigenvalue weighted by Crippen LogP contribution is 2.28. The molecule has 2 rings (SSSR count). The van der Waals surface area contributed by atoms with Crippen LogP contribution in [0.4, 0.5) is 0 Å². The lowest BCUT2D eigenvalue weighted by molar-refractivity contribution is -0.0174. The van der Waals surface area contributed by atoms with E-state index in [9.17, 15) is 0 Å². The van der Waals surface area contributed by atoms with Gasteiger partial charge in [0.1, 0.15) is 0 Å². The molecule has 1 heterocycles. The van der Waals surface area contributed by atoms with Gasteiger partial charge in [0.25, 0.3) is 0 Å². The minimum atomic E-state index is 0.495. The minimum absolute atomic E-state index is 0.495. The summed E-state index contributed by atoms with van der Waals surface area (Å²) in [5.74, 6) is 1.72. The molecule has 1 saturated heterocycles. The Labute approximate surface area is 116 Å². The predicted octanol–water partition coefficient (Wildman–Crippen LogP) is 0.669. The van der Waals surface area contributed by atoms with Gasteiger partial charge in [-0.05, 0) is 26.2 Å². The second-order valence-electron chi connectivity index (χ2n) is 5.93. The molecule has 0 aromatic rings. The number of aliphatic imine (C=N–C) groups is 1. The third-order valence-electron chi connectivity index (χ3n) is 4.21. The van der Waals surface area contributed by atoms with Crippen LogP contribution in [0.25, 0.3) is 0 Å². The lowest BCUT2D eigenvalue weighted by Crippen LogP contribution is -2.53. The molecule has 2 aliphatic rings. The van der Waals surface area contributed by atoms with Gasteiger partial charge in [0.15, 0.2) is 5.96 Å². The maximum absolute atomic E-state index is 5.48. The first-order chi connectivity index (χ1) is 9.11. The zero-order valence-electron chi connectivity index (χ0n) is 12.6. The summed E-state index contributed by atoms with van der Waals surface area (Å²) in [5, 5.41) is 6.89. The third-order valence-corrected chi connectivity index (χ3v) is 4.21. The maximum atomic E-state index is 5.48. The average Bonchev–Trinajstić information content (AvgIpc) is 3.10. The number of hydrogen-bond donors (Lipinski definition) is 2. The molecular formula is C14H28N4O. The summed E-state index contributed by atoms with van der Waals surface area (Å²) in [5.41, 5.74) is 0. The van der Waals surface area contributed by atoms with Crippen LogP contribution in [0.2, 0.25) is 0 Å². The van der Waals surface area contributed by atoms with E-state index in [0.717, 1.165) is 38.2 Å². The highest BCUT2D eigenvalue weighted by atomic mass is 16.5. The van der Waals surface area contributed by atoms with Gasteiger partial charge in [-0.2, -0.15) is 0 Å². The predicted molar refractivity (Wildman–Crippen MR) is 78.5 cm³/mol. The molecule has 1 aliphatic heterocycles. The Kier molecular flexibility index (Phi) is 5.05. The Balaban J connectivity index is 1.73. The Hall–Kier alpha value is -0.810. The number of nitrogens with one attached hydrogen (secondary N) is 2. The van der Waals surface area contributed by atoms with E-state index in [1.54, 1.807) is 0 Å². The molecule has 5 heteroatoms. The van der Waals surface area contributed by atoms with Gasteiger partial charge in [0.2, 0.25) is 0 Å². The number of ether oxygens (including phenoxy) is 1. The van der Waals surface area contributed by atoms with Crippen molar-refractivity contribution in [1.82, 2.24) is 15.5 Å². The molecule has 0 spiro atoms. The molecule has 4 unspecified atom stereocenters. The Morgan fingerprint density at radius 1 is 1.47 bits per heavy atom. The van der Waals surface area contributed by atoms with Crippen molar-refractivity contribution in [3.8, 4) is 0 Å². The molecule has 0 aromatic carbocycles. The first kappa shape index (κ1) is 14.6. The van der Waals surface area contributed by atoms with E-state index in [1.807, 2.05) is 7.05 Å². The van der Waals surface area contributed by atoms with Gasteiger partial charge in [-0.25, -0.2) is 0 Å². The summed E-state index contributed by atoms with van der Waals surface area (Å²) < 4.78 is 5.48. The molecular weight excluding hydrogens is 240 g/mol. The van der Waals surface area contributed by atoms with Crippen LogP contribution in [0, 0.1) is 5.92 Å². The highest BCUT2D eigenvalue weighted by Gasteiger charge is 2.33. The zero-order valence-corrected chi connectivity index (χ0v) is 12.6. The second kappa shape index (κ2) is 6.57. The number of guanidine groups is 1. The number of rotatable bonds is 4. The van der Waals surface area contributed by atoms with E-state index in [4.69, 9.17) is 4.74 Å². The topological polar surface area (TPSA) is 48.9 Å². The Bertz CT molecular complexity index is 321. The van der Waals surface area contributed by atoms with Crippen molar-refractivity contribution in [2.75, 3.05) is 33.4 Å². The normalized spacial score (nSPS) is 33.9. The summed E-state index contributed by atoms with van der Waals surface area (Å²) in [4.78, 5) is 6.79. The summed E-state index contributed by atoms with van der Waals surface area (Å²) >= 11 is 0. The van der Waals surface area contributed by atoms with Crippen LogP contribution < -0.4 is 10.6 Å². The first-order valence-electron chi connectivity index (χ1n) is 7.42. The van der Waals surface area contributed by atoms with Crippen molar-refractivity contribution < 1.29 is 4.74 Å². The number of morpholine rings is 1. The lowest BCUT2D eigenvalue weighted by atomic mass is 10.2. The molecule has 5 nitrogen and oxygen atoms in total. The van der Waals surface area contributed by atoms with Gasteiger partial charge in [0, 0.05) is 38.3 Å². The molecule has 0 radical (unpaired) electrons. The average molecular weight is 268 g/mol. The largest absolute Gasteiger partial charge is 0.379 e.